The van der Waals surface area contributed by atoms with Gasteiger partial charge in [-0.3, -0.25) is 0 Å². The third-order valence-electron chi connectivity index (χ3n) is 2.85. The van der Waals surface area contributed by atoms with Crippen LogP contribution in [-0.4, -0.2) is 41.1 Å². The molecule has 0 fully saturated rings. The molecule has 0 radical (unpaired) electrons. The molecule has 1 heterocycles. The minimum atomic E-state index is 0.111. The van der Waals surface area contributed by atoms with Gasteiger partial charge in [-0.2, -0.15) is 11.8 Å². The first kappa shape index (κ1) is 16.2. The smallest absolute Gasteiger partial charge is 0.225 e. The highest BCUT2D eigenvalue weighted by atomic mass is 32.2. The van der Waals surface area contributed by atoms with E-state index in [9.17, 15) is 0 Å². The van der Waals surface area contributed by atoms with E-state index in [1.807, 2.05) is 31.9 Å². The molecule has 19 heavy (non-hydrogen) atoms. The summed E-state index contributed by atoms with van der Waals surface area (Å²) >= 11 is 1.84. The molecule has 0 bridgehead atoms. The summed E-state index contributed by atoms with van der Waals surface area (Å²) in [5.41, 5.74) is 2.33. The van der Waals surface area contributed by atoms with E-state index < -0.39 is 0 Å². The predicted octanol–water partition coefficient (Wildman–Crippen LogP) is 2.47. The van der Waals surface area contributed by atoms with E-state index in [2.05, 4.69) is 47.2 Å². The summed E-state index contributed by atoms with van der Waals surface area (Å²) in [4.78, 5) is 11.2. The summed E-state index contributed by atoms with van der Waals surface area (Å²) < 4.78 is 0. The molecule has 0 aliphatic heterocycles. The Morgan fingerprint density at radius 3 is 2.58 bits per heavy atom. The zero-order chi connectivity index (χ0) is 14.5. The van der Waals surface area contributed by atoms with E-state index in [-0.39, 0.29) is 5.54 Å². The Kier molecular flexibility index (Phi) is 6.07. The van der Waals surface area contributed by atoms with E-state index in [0.29, 0.717) is 0 Å². The second kappa shape index (κ2) is 7.10. The van der Waals surface area contributed by atoms with Crippen LogP contribution in [0, 0.1) is 6.92 Å². The molecule has 5 heteroatoms. The summed E-state index contributed by atoms with van der Waals surface area (Å²) in [5.74, 6) is 1.90. The molecule has 0 atom stereocenters. The molecule has 1 rings (SSSR count). The van der Waals surface area contributed by atoms with Crippen LogP contribution in [0.5, 0.6) is 0 Å². The molecule has 4 nitrogen and oxygen atoms in total. The average molecular weight is 282 g/mol. The van der Waals surface area contributed by atoms with Gasteiger partial charge in [0.25, 0.3) is 0 Å². The molecule has 1 aromatic rings. The van der Waals surface area contributed by atoms with Crippen molar-refractivity contribution in [2.75, 3.05) is 30.5 Å². The molecule has 0 aliphatic rings. The number of hydrogen-bond donors (Lipinski definition) is 1. The lowest BCUT2D eigenvalue weighted by molar-refractivity contribution is 0.423. The number of rotatable bonds is 6. The van der Waals surface area contributed by atoms with Crippen LogP contribution in [0.25, 0.3) is 0 Å². The van der Waals surface area contributed by atoms with Crippen LogP contribution in [0.15, 0.2) is 6.20 Å². The van der Waals surface area contributed by atoms with Gasteiger partial charge >= 0.3 is 0 Å². The third-order valence-corrected chi connectivity index (χ3v) is 3.44. The second-order valence-electron chi connectivity index (χ2n) is 5.80. The molecule has 0 saturated heterocycles. The number of thioether (sulfide) groups is 1. The Labute approximate surface area is 121 Å². The summed E-state index contributed by atoms with van der Waals surface area (Å²) in [6.45, 7) is 10.3. The van der Waals surface area contributed by atoms with Crippen molar-refractivity contribution in [1.29, 1.82) is 0 Å². The standard InChI is InChI=1S/C14H26N4S/c1-11-12(10-16-14(2,3)4)9-15-13(17-11)18(5)7-8-19-6/h9,16H,7-8,10H2,1-6H3. The maximum Gasteiger partial charge on any atom is 0.225 e. The number of aryl methyl sites for hydroxylation is 1. The zero-order valence-electron chi connectivity index (χ0n) is 12.9. The van der Waals surface area contributed by atoms with Crippen LogP contribution in [0.2, 0.25) is 0 Å². The van der Waals surface area contributed by atoms with Crippen molar-refractivity contribution in [3.8, 4) is 0 Å². The lowest BCUT2D eigenvalue weighted by Gasteiger charge is -2.22. The van der Waals surface area contributed by atoms with E-state index >= 15 is 0 Å². The van der Waals surface area contributed by atoms with Crippen molar-refractivity contribution in [3.63, 3.8) is 0 Å². The maximum absolute atomic E-state index is 4.59. The Hall–Kier alpha value is -0.810. The lowest BCUT2D eigenvalue weighted by atomic mass is 10.1. The fourth-order valence-electron chi connectivity index (χ4n) is 1.53. The topological polar surface area (TPSA) is 41.1 Å². The molecule has 1 aromatic heterocycles. The highest BCUT2D eigenvalue weighted by Gasteiger charge is 2.11. The fraction of sp³-hybridized carbons (Fsp3) is 0.714. The summed E-state index contributed by atoms with van der Waals surface area (Å²) in [6, 6.07) is 0. The molecule has 0 amide bonds. The monoisotopic (exact) mass is 282 g/mol. The molecule has 0 spiro atoms. The van der Waals surface area contributed by atoms with Crippen molar-refractivity contribution in [3.05, 3.63) is 17.5 Å². The van der Waals surface area contributed by atoms with E-state index in [1.165, 1.54) is 0 Å². The number of hydrogen-bond acceptors (Lipinski definition) is 5. The Bertz CT molecular complexity index is 401. The first-order chi connectivity index (χ1) is 8.83. The zero-order valence-corrected chi connectivity index (χ0v) is 13.8. The van der Waals surface area contributed by atoms with Gasteiger partial charge in [-0.1, -0.05) is 0 Å². The molecule has 0 unspecified atom stereocenters. The summed E-state index contributed by atoms with van der Waals surface area (Å²) in [6.07, 6.45) is 4.05. The molecular formula is C14H26N4S. The van der Waals surface area contributed by atoms with Crippen LogP contribution in [0.1, 0.15) is 32.0 Å². The van der Waals surface area contributed by atoms with Gasteiger partial charge in [0.2, 0.25) is 5.95 Å². The molecular weight excluding hydrogens is 256 g/mol. The Balaban J connectivity index is 2.69. The van der Waals surface area contributed by atoms with Gasteiger partial charge in [-0.05, 0) is 34.0 Å². The van der Waals surface area contributed by atoms with Gasteiger partial charge in [0.1, 0.15) is 0 Å². The summed E-state index contributed by atoms with van der Waals surface area (Å²) in [7, 11) is 2.04. The predicted molar refractivity (Wildman–Crippen MR) is 85.0 cm³/mol. The SMILES string of the molecule is CSCCN(C)c1ncc(CNC(C)(C)C)c(C)n1. The largest absolute Gasteiger partial charge is 0.343 e. The highest BCUT2D eigenvalue weighted by molar-refractivity contribution is 7.98. The third kappa shape index (κ3) is 5.78. The van der Waals surface area contributed by atoms with E-state index in [4.69, 9.17) is 0 Å². The van der Waals surface area contributed by atoms with E-state index in [0.717, 1.165) is 36.0 Å². The summed E-state index contributed by atoms with van der Waals surface area (Å²) in [5, 5.41) is 3.47. The quantitative estimate of drug-likeness (QED) is 0.868. The molecule has 108 valence electrons. The van der Waals surface area contributed by atoms with Crippen LogP contribution in [0.4, 0.5) is 5.95 Å². The first-order valence-corrected chi connectivity index (χ1v) is 8.00. The molecule has 1 N–H and O–H groups in total. The number of anilines is 1. The van der Waals surface area contributed by atoms with Gasteiger partial charge in [0.05, 0.1) is 0 Å². The Morgan fingerprint density at radius 2 is 2.05 bits per heavy atom. The van der Waals surface area contributed by atoms with Crippen LogP contribution < -0.4 is 10.2 Å². The van der Waals surface area contributed by atoms with Gasteiger partial charge in [0.15, 0.2) is 0 Å². The number of nitrogens with zero attached hydrogens (tertiary/aromatic N) is 3. The van der Waals surface area contributed by atoms with Gasteiger partial charge < -0.3 is 10.2 Å². The minimum Gasteiger partial charge on any atom is -0.343 e. The van der Waals surface area contributed by atoms with Gasteiger partial charge in [0, 0.05) is 48.9 Å². The highest BCUT2D eigenvalue weighted by Crippen LogP contribution is 2.11. The normalized spacial score (nSPS) is 11.7. The second-order valence-corrected chi connectivity index (χ2v) is 6.78. The fourth-order valence-corrected chi connectivity index (χ4v) is 1.98. The van der Waals surface area contributed by atoms with Crippen molar-refractivity contribution in [2.45, 2.75) is 39.8 Å². The van der Waals surface area contributed by atoms with Crippen LogP contribution >= 0.6 is 11.8 Å². The van der Waals surface area contributed by atoms with Crippen molar-refractivity contribution < 1.29 is 0 Å². The van der Waals surface area contributed by atoms with Crippen LogP contribution in [-0.2, 0) is 6.54 Å². The minimum absolute atomic E-state index is 0.111. The molecule has 0 aliphatic carbocycles. The van der Waals surface area contributed by atoms with Crippen LogP contribution in [0.3, 0.4) is 0 Å². The number of nitrogens with one attached hydrogen (secondary N) is 1. The average Bonchev–Trinajstić information content (AvgIpc) is 2.33. The maximum atomic E-state index is 4.59. The molecule has 0 aromatic carbocycles. The van der Waals surface area contributed by atoms with E-state index in [1.54, 1.807) is 0 Å². The lowest BCUT2D eigenvalue weighted by Crippen LogP contribution is -2.35. The Morgan fingerprint density at radius 1 is 1.37 bits per heavy atom. The van der Waals surface area contributed by atoms with Crippen molar-refractivity contribution in [1.82, 2.24) is 15.3 Å². The van der Waals surface area contributed by atoms with Gasteiger partial charge in [-0.15, -0.1) is 0 Å². The van der Waals surface area contributed by atoms with Crippen molar-refractivity contribution >= 4 is 17.7 Å². The van der Waals surface area contributed by atoms with Crippen molar-refractivity contribution in [2.24, 2.45) is 0 Å². The first-order valence-electron chi connectivity index (χ1n) is 6.61. The molecule has 0 saturated carbocycles. The van der Waals surface area contributed by atoms with Gasteiger partial charge in [-0.25, -0.2) is 9.97 Å². The number of aromatic nitrogens is 2.